The minimum Gasteiger partial charge on any atom is -0.478 e. The Morgan fingerprint density at radius 2 is 1.50 bits per heavy atom. The molecule has 4 aromatic carbocycles. The monoisotopic (exact) mass is 342 g/mol. The summed E-state index contributed by atoms with van der Waals surface area (Å²) in [4.78, 5) is 11.8. The molecular formula is C23H18O3. The predicted molar refractivity (Wildman–Crippen MR) is 104 cm³/mol. The molecule has 0 saturated heterocycles. The number of benzene rings is 4. The molecule has 0 aromatic heterocycles. The van der Waals surface area contributed by atoms with Crippen LogP contribution < -0.4 is 4.74 Å². The molecule has 0 amide bonds. The van der Waals surface area contributed by atoms with Crippen LogP contribution in [0.5, 0.6) is 5.75 Å². The van der Waals surface area contributed by atoms with Gasteiger partial charge in [-0.15, -0.1) is 0 Å². The molecule has 128 valence electrons. The van der Waals surface area contributed by atoms with Gasteiger partial charge in [0.05, 0.1) is 0 Å². The van der Waals surface area contributed by atoms with E-state index in [1.807, 2.05) is 84.9 Å². The number of carboxylic acids is 1. The number of aliphatic carboxylic acids is 1. The summed E-state index contributed by atoms with van der Waals surface area (Å²) in [7, 11) is 0. The van der Waals surface area contributed by atoms with Crippen molar-refractivity contribution in [1.29, 1.82) is 0 Å². The SMILES string of the molecule is O=C(O)[C@H](Cc1cccc2ccccc12)Oc1ccc2ccccc2c1. The third-order valence-corrected chi connectivity index (χ3v) is 4.56. The summed E-state index contributed by atoms with van der Waals surface area (Å²) in [5, 5.41) is 13.9. The Bertz CT molecular complexity index is 1080. The maximum atomic E-state index is 11.8. The van der Waals surface area contributed by atoms with Gasteiger partial charge in [0.2, 0.25) is 0 Å². The molecule has 0 spiro atoms. The van der Waals surface area contributed by atoms with Gasteiger partial charge in [-0.25, -0.2) is 4.79 Å². The Kier molecular flexibility index (Phi) is 4.28. The summed E-state index contributed by atoms with van der Waals surface area (Å²) >= 11 is 0. The average Bonchev–Trinajstić information content (AvgIpc) is 2.67. The second-order valence-electron chi connectivity index (χ2n) is 6.30. The number of carboxylic acid groups (broad SMARTS) is 1. The van der Waals surface area contributed by atoms with E-state index in [4.69, 9.17) is 4.74 Å². The van der Waals surface area contributed by atoms with Crippen LogP contribution in [0.4, 0.5) is 0 Å². The van der Waals surface area contributed by atoms with Crippen LogP contribution >= 0.6 is 0 Å². The van der Waals surface area contributed by atoms with Crippen molar-refractivity contribution in [2.45, 2.75) is 12.5 Å². The van der Waals surface area contributed by atoms with Crippen molar-refractivity contribution < 1.29 is 14.6 Å². The van der Waals surface area contributed by atoms with Gasteiger partial charge in [0.15, 0.2) is 6.10 Å². The summed E-state index contributed by atoms with van der Waals surface area (Å²) in [6, 6.07) is 27.5. The highest BCUT2D eigenvalue weighted by Gasteiger charge is 2.21. The van der Waals surface area contributed by atoms with Crippen LogP contribution in [0.15, 0.2) is 84.9 Å². The number of ether oxygens (including phenoxy) is 1. The Labute approximate surface area is 151 Å². The lowest BCUT2D eigenvalue weighted by molar-refractivity contribution is -0.145. The van der Waals surface area contributed by atoms with Gasteiger partial charge in [-0.2, -0.15) is 0 Å². The molecule has 1 atom stereocenters. The van der Waals surface area contributed by atoms with Gasteiger partial charge >= 0.3 is 5.97 Å². The van der Waals surface area contributed by atoms with Crippen molar-refractivity contribution in [3.05, 3.63) is 90.5 Å². The van der Waals surface area contributed by atoms with Crippen LogP contribution in [-0.2, 0) is 11.2 Å². The summed E-state index contributed by atoms with van der Waals surface area (Å²) in [5.41, 5.74) is 0.969. The maximum absolute atomic E-state index is 11.8. The van der Waals surface area contributed by atoms with Crippen molar-refractivity contribution in [2.24, 2.45) is 0 Å². The molecule has 3 nitrogen and oxygen atoms in total. The molecule has 3 heteroatoms. The highest BCUT2D eigenvalue weighted by molar-refractivity contribution is 5.87. The second-order valence-corrected chi connectivity index (χ2v) is 6.30. The Hall–Kier alpha value is -3.33. The standard InChI is InChI=1S/C23H18O3/c24-23(25)22(15-19-10-5-9-17-7-3-4-11-21(17)19)26-20-13-12-16-6-1-2-8-18(16)14-20/h1-14,22H,15H2,(H,24,25)/t22-/m0/s1. The summed E-state index contributed by atoms with van der Waals surface area (Å²) in [5.74, 6) is -0.401. The van der Waals surface area contributed by atoms with Crippen molar-refractivity contribution >= 4 is 27.5 Å². The van der Waals surface area contributed by atoms with Gasteiger partial charge in [0, 0.05) is 6.42 Å². The highest BCUT2D eigenvalue weighted by Crippen LogP contribution is 2.24. The zero-order valence-electron chi connectivity index (χ0n) is 14.1. The van der Waals surface area contributed by atoms with E-state index in [9.17, 15) is 9.90 Å². The van der Waals surface area contributed by atoms with Crippen molar-refractivity contribution in [2.75, 3.05) is 0 Å². The van der Waals surface area contributed by atoms with Crippen LogP contribution in [0.2, 0.25) is 0 Å². The van der Waals surface area contributed by atoms with Crippen LogP contribution in [0.3, 0.4) is 0 Å². The third-order valence-electron chi connectivity index (χ3n) is 4.56. The van der Waals surface area contributed by atoms with Gasteiger partial charge in [-0.1, -0.05) is 72.8 Å². The number of fused-ring (bicyclic) bond motifs is 2. The quantitative estimate of drug-likeness (QED) is 0.551. The van der Waals surface area contributed by atoms with E-state index in [1.54, 1.807) is 0 Å². The fraction of sp³-hybridized carbons (Fsp3) is 0.0870. The number of carbonyl (C=O) groups is 1. The topological polar surface area (TPSA) is 46.5 Å². The average molecular weight is 342 g/mol. The van der Waals surface area contributed by atoms with Gasteiger partial charge in [0.1, 0.15) is 5.75 Å². The molecule has 0 bridgehead atoms. The van der Waals surface area contributed by atoms with E-state index in [-0.39, 0.29) is 0 Å². The fourth-order valence-electron chi connectivity index (χ4n) is 3.25. The summed E-state index contributed by atoms with van der Waals surface area (Å²) in [6.45, 7) is 0. The Morgan fingerprint density at radius 3 is 2.31 bits per heavy atom. The number of hydrogen-bond acceptors (Lipinski definition) is 2. The molecule has 4 rings (SSSR count). The van der Waals surface area contributed by atoms with E-state index in [2.05, 4.69) is 0 Å². The smallest absolute Gasteiger partial charge is 0.345 e. The summed E-state index contributed by atoms with van der Waals surface area (Å²) in [6.07, 6.45) is -0.634. The van der Waals surface area contributed by atoms with E-state index in [1.165, 1.54) is 0 Å². The second kappa shape index (κ2) is 6.89. The molecule has 0 aliphatic heterocycles. The van der Waals surface area contributed by atoms with E-state index in [0.29, 0.717) is 12.2 Å². The normalized spacial score (nSPS) is 12.2. The molecule has 0 aliphatic carbocycles. The molecule has 0 saturated carbocycles. The Balaban J connectivity index is 1.64. The van der Waals surface area contributed by atoms with Gasteiger partial charge in [0.25, 0.3) is 0 Å². The van der Waals surface area contributed by atoms with Gasteiger partial charge < -0.3 is 9.84 Å². The molecule has 4 aromatic rings. The molecule has 0 aliphatic rings. The van der Waals surface area contributed by atoms with Crippen LogP contribution in [0.25, 0.3) is 21.5 Å². The van der Waals surface area contributed by atoms with E-state index in [0.717, 1.165) is 27.1 Å². The molecule has 0 heterocycles. The first-order valence-electron chi connectivity index (χ1n) is 8.55. The first kappa shape index (κ1) is 16.2. The molecule has 0 radical (unpaired) electrons. The van der Waals surface area contributed by atoms with Crippen molar-refractivity contribution in [3.8, 4) is 5.75 Å². The Morgan fingerprint density at radius 1 is 0.808 bits per heavy atom. The lowest BCUT2D eigenvalue weighted by atomic mass is 10.00. The van der Waals surface area contributed by atoms with Gasteiger partial charge in [-0.3, -0.25) is 0 Å². The van der Waals surface area contributed by atoms with E-state index < -0.39 is 12.1 Å². The molecular weight excluding hydrogens is 324 g/mol. The van der Waals surface area contributed by atoms with E-state index >= 15 is 0 Å². The molecule has 26 heavy (non-hydrogen) atoms. The van der Waals surface area contributed by atoms with Crippen LogP contribution in [0.1, 0.15) is 5.56 Å². The summed E-state index contributed by atoms with van der Waals surface area (Å²) < 4.78 is 5.84. The lowest BCUT2D eigenvalue weighted by Gasteiger charge is -2.17. The zero-order chi connectivity index (χ0) is 17.9. The first-order valence-corrected chi connectivity index (χ1v) is 8.55. The number of rotatable bonds is 5. The number of hydrogen-bond donors (Lipinski definition) is 1. The third kappa shape index (κ3) is 3.24. The van der Waals surface area contributed by atoms with Crippen LogP contribution in [-0.4, -0.2) is 17.2 Å². The van der Waals surface area contributed by atoms with Crippen molar-refractivity contribution in [3.63, 3.8) is 0 Å². The molecule has 0 unspecified atom stereocenters. The highest BCUT2D eigenvalue weighted by atomic mass is 16.5. The minimum absolute atomic E-state index is 0.309. The van der Waals surface area contributed by atoms with Gasteiger partial charge in [-0.05, 0) is 39.2 Å². The first-order chi connectivity index (χ1) is 12.7. The molecule has 1 N–H and O–H groups in total. The maximum Gasteiger partial charge on any atom is 0.345 e. The lowest BCUT2D eigenvalue weighted by Crippen LogP contribution is -2.29. The minimum atomic E-state index is -0.967. The van der Waals surface area contributed by atoms with Crippen LogP contribution in [0, 0.1) is 0 Å². The zero-order valence-corrected chi connectivity index (χ0v) is 14.1. The molecule has 0 fully saturated rings. The van der Waals surface area contributed by atoms with Crippen molar-refractivity contribution in [1.82, 2.24) is 0 Å². The fourth-order valence-corrected chi connectivity index (χ4v) is 3.25. The largest absolute Gasteiger partial charge is 0.478 e. The predicted octanol–water partition coefficient (Wildman–Crippen LogP) is 5.07.